The second kappa shape index (κ2) is 4.35. The fraction of sp³-hybridized carbons (Fsp3) is 0.214. The van der Waals surface area contributed by atoms with Gasteiger partial charge in [0.2, 0.25) is 0 Å². The molecule has 0 fully saturated rings. The van der Waals surface area contributed by atoms with E-state index in [9.17, 15) is 0 Å². The van der Waals surface area contributed by atoms with Gasteiger partial charge in [0.15, 0.2) is 17.0 Å². The van der Waals surface area contributed by atoms with E-state index in [-0.39, 0.29) is 0 Å². The maximum atomic E-state index is 4.43. The molecule has 96 valence electrons. The maximum Gasteiger partial charge on any atom is 0.170 e. The fourth-order valence-electron chi connectivity index (χ4n) is 2.04. The molecule has 0 aliphatic carbocycles. The van der Waals surface area contributed by atoms with Gasteiger partial charge in [-0.15, -0.1) is 0 Å². The number of anilines is 1. The van der Waals surface area contributed by atoms with Gasteiger partial charge in [0.25, 0.3) is 0 Å². The second-order valence-corrected chi connectivity index (χ2v) is 4.71. The van der Waals surface area contributed by atoms with Crippen LogP contribution < -0.4 is 4.90 Å². The molecule has 0 unspecified atom stereocenters. The smallest absolute Gasteiger partial charge is 0.170 e. The quantitative estimate of drug-likeness (QED) is 0.702. The third-order valence-corrected chi connectivity index (χ3v) is 3.05. The summed E-state index contributed by atoms with van der Waals surface area (Å²) in [6.45, 7) is 2.07. The van der Waals surface area contributed by atoms with E-state index in [1.165, 1.54) is 5.56 Å². The van der Waals surface area contributed by atoms with Crippen molar-refractivity contribution in [1.29, 1.82) is 0 Å². The van der Waals surface area contributed by atoms with E-state index in [0.717, 1.165) is 22.7 Å². The normalized spacial score (nSPS) is 10.9. The Morgan fingerprint density at radius 1 is 1.00 bits per heavy atom. The van der Waals surface area contributed by atoms with Gasteiger partial charge in [0, 0.05) is 19.8 Å². The average Bonchev–Trinajstić information content (AvgIpc) is 2.83. The van der Waals surface area contributed by atoms with Gasteiger partial charge in [-0.1, -0.05) is 17.7 Å². The van der Waals surface area contributed by atoms with Crippen LogP contribution in [0.2, 0.25) is 0 Å². The fourth-order valence-corrected chi connectivity index (χ4v) is 2.04. The Morgan fingerprint density at radius 3 is 2.42 bits per heavy atom. The van der Waals surface area contributed by atoms with E-state index in [2.05, 4.69) is 46.1 Å². The molecule has 0 aliphatic rings. The molecule has 2 aromatic heterocycles. The largest absolute Gasteiger partial charge is 0.361 e. The molecular formula is C14H15N5. The molecule has 3 rings (SSSR count). The summed E-state index contributed by atoms with van der Waals surface area (Å²) < 4.78 is 1.98. The summed E-state index contributed by atoms with van der Waals surface area (Å²) in [7, 11) is 3.90. The first-order chi connectivity index (χ1) is 9.16. The summed E-state index contributed by atoms with van der Waals surface area (Å²) in [6, 6.07) is 8.28. The van der Waals surface area contributed by atoms with Crippen molar-refractivity contribution < 1.29 is 0 Å². The SMILES string of the molecule is Cc1ccc(-n2cnc3c(N(C)C)ncnc32)cc1. The number of nitrogens with zero attached hydrogens (tertiary/aromatic N) is 5. The molecule has 0 aliphatic heterocycles. The summed E-state index contributed by atoms with van der Waals surface area (Å²) in [5, 5.41) is 0. The number of aryl methyl sites for hydroxylation is 1. The van der Waals surface area contributed by atoms with Gasteiger partial charge in [0.1, 0.15) is 12.7 Å². The molecule has 0 saturated carbocycles. The van der Waals surface area contributed by atoms with Crippen LogP contribution in [-0.4, -0.2) is 33.6 Å². The van der Waals surface area contributed by atoms with Crippen molar-refractivity contribution >= 4 is 17.0 Å². The summed E-state index contributed by atoms with van der Waals surface area (Å²) in [5.74, 6) is 0.830. The number of aromatic nitrogens is 4. The van der Waals surface area contributed by atoms with Gasteiger partial charge in [-0.2, -0.15) is 0 Å². The van der Waals surface area contributed by atoms with Crippen molar-refractivity contribution in [3.63, 3.8) is 0 Å². The highest BCUT2D eigenvalue weighted by Crippen LogP contribution is 2.22. The van der Waals surface area contributed by atoms with Gasteiger partial charge in [-0.25, -0.2) is 15.0 Å². The lowest BCUT2D eigenvalue weighted by molar-refractivity contribution is 1.04. The third-order valence-electron chi connectivity index (χ3n) is 3.05. The Labute approximate surface area is 111 Å². The van der Waals surface area contributed by atoms with Gasteiger partial charge in [-0.05, 0) is 19.1 Å². The molecule has 5 heteroatoms. The molecule has 19 heavy (non-hydrogen) atoms. The Bertz CT molecular complexity index is 712. The highest BCUT2D eigenvalue weighted by Gasteiger charge is 2.12. The third kappa shape index (κ3) is 1.93. The number of hydrogen-bond donors (Lipinski definition) is 0. The highest BCUT2D eigenvalue weighted by molar-refractivity contribution is 5.84. The summed E-state index contributed by atoms with van der Waals surface area (Å²) in [4.78, 5) is 15.0. The minimum Gasteiger partial charge on any atom is -0.361 e. The molecule has 5 nitrogen and oxygen atoms in total. The van der Waals surface area contributed by atoms with E-state index in [4.69, 9.17) is 0 Å². The molecule has 0 bridgehead atoms. The summed E-state index contributed by atoms with van der Waals surface area (Å²) >= 11 is 0. The van der Waals surface area contributed by atoms with Crippen LogP contribution in [0, 0.1) is 6.92 Å². The van der Waals surface area contributed by atoms with Crippen LogP contribution in [0.25, 0.3) is 16.9 Å². The molecule has 0 amide bonds. The maximum absolute atomic E-state index is 4.43. The van der Waals surface area contributed by atoms with E-state index in [0.29, 0.717) is 0 Å². The van der Waals surface area contributed by atoms with E-state index < -0.39 is 0 Å². The molecule has 0 N–H and O–H groups in total. The molecule has 2 heterocycles. The molecule has 3 aromatic rings. The van der Waals surface area contributed by atoms with E-state index in [1.807, 2.05) is 23.6 Å². The average molecular weight is 253 g/mol. The minimum atomic E-state index is 0.813. The van der Waals surface area contributed by atoms with Crippen LogP contribution in [0.15, 0.2) is 36.9 Å². The Morgan fingerprint density at radius 2 is 1.74 bits per heavy atom. The molecule has 0 radical (unpaired) electrons. The lowest BCUT2D eigenvalue weighted by Crippen LogP contribution is -2.11. The zero-order valence-electron chi connectivity index (χ0n) is 11.2. The van der Waals surface area contributed by atoms with Crippen molar-refractivity contribution in [2.24, 2.45) is 0 Å². The predicted molar refractivity (Wildman–Crippen MR) is 75.7 cm³/mol. The zero-order chi connectivity index (χ0) is 13.4. The number of benzene rings is 1. The first kappa shape index (κ1) is 11.6. The van der Waals surface area contributed by atoms with Gasteiger partial charge < -0.3 is 4.90 Å². The Balaban J connectivity index is 2.21. The summed E-state index contributed by atoms with van der Waals surface area (Å²) in [6.07, 6.45) is 3.36. The topological polar surface area (TPSA) is 46.8 Å². The van der Waals surface area contributed by atoms with Crippen LogP contribution in [0.4, 0.5) is 5.82 Å². The van der Waals surface area contributed by atoms with Crippen molar-refractivity contribution in [1.82, 2.24) is 19.5 Å². The number of imidazole rings is 1. The van der Waals surface area contributed by atoms with Gasteiger partial charge in [0.05, 0.1) is 0 Å². The zero-order valence-corrected chi connectivity index (χ0v) is 11.2. The number of rotatable bonds is 2. The Hall–Kier alpha value is -2.43. The van der Waals surface area contributed by atoms with Crippen molar-refractivity contribution in [2.45, 2.75) is 6.92 Å². The van der Waals surface area contributed by atoms with Crippen molar-refractivity contribution in [3.05, 3.63) is 42.5 Å². The lowest BCUT2D eigenvalue weighted by atomic mass is 10.2. The first-order valence-corrected chi connectivity index (χ1v) is 6.09. The molecule has 0 saturated heterocycles. The molecular weight excluding hydrogens is 238 g/mol. The highest BCUT2D eigenvalue weighted by atomic mass is 15.2. The van der Waals surface area contributed by atoms with Crippen LogP contribution in [0.5, 0.6) is 0 Å². The minimum absolute atomic E-state index is 0.813. The first-order valence-electron chi connectivity index (χ1n) is 6.09. The predicted octanol–water partition coefficient (Wildman–Crippen LogP) is 2.19. The van der Waals surface area contributed by atoms with Crippen LogP contribution in [0.3, 0.4) is 0 Å². The molecule has 0 atom stereocenters. The second-order valence-electron chi connectivity index (χ2n) is 4.71. The molecule has 1 aromatic carbocycles. The number of hydrogen-bond acceptors (Lipinski definition) is 4. The van der Waals surface area contributed by atoms with E-state index in [1.54, 1.807) is 12.7 Å². The molecule has 0 spiro atoms. The van der Waals surface area contributed by atoms with Gasteiger partial charge in [-0.3, -0.25) is 4.57 Å². The van der Waals surface area contributed by atoms with Crippen LogP contribution in [0.1, 0.15) is 5.56 Å². The van der Waals surface area contributed by atoms with Crippen molar-refractivity contribution in [2.75, 3.05) is 19.0 Å². The van der Waals surface area contributed by atoms with Gasteiger partial charge >= 0.3 is 0 Å². The lowest BCUT2D eigenvalue weighted by Gasteiger charge is -2.11. The Kier molecular flexibility index (Phi) is 2.67. The monoisotopic (exact) mass is 253 g/mol. The van der Waals surface area contributed by atoms with Crippen molar-refractivity contribution in [3.8, 4) is 5.69 Å². The van der Waals surface area contributed by atoms with Crippen LogP contribution >= 0.6 is 0 Å². The van der Waals surface area contributed by atoms with Crippen LogP contribution in [-0.2, 0) is 0 Å². The number of fused-ring (bicyclic) bond motifs is 1. The van der Waals surface area contributed by atoms with E-state index >= 15 is 0 Å². The summed E-state index contributed by atoms with van der Waals surface area (Å²) in [5.41, 5.74) is 3.92. The standard InChI is InChI=1S/C14H15N5/c1-10-4-6-11(7-5-10)19-9-17-12-13(18(2)3)15-8-16-14(12)19/h4-9H,1-3H3.